The molecule has 0 bridgehead atoms. The Balaban J connectivity index is 1.24. The van der Waals surface area contributed by atoms with Gasteiger partial charge < -0.3 is 9.80 Å². The molecule has 10 aromatic rings. The quantitative estimate of drug-likeness (QED) is 0.101. The normalized spacial score (nSPS) is 11.4. The predicted molar refractivity (Wildman–Crippen MR) is 254 cm³/mol. The zero-order valence-electron chi connectivity index (χ0n) is 32.6. The van der Waals surface area contributed by atoms with Gasteiger partial charge in [-0.25, -0.2) is 0 Å². The second kappa shape index (κ2) is 15.8. The van der Waals surface area contributed by atoms with Crippen LogP contribution in [-0.2, 0) is 0 Å². The molecule has 2 nitrogen and oxygen atoms in total. The van der Waals surface area contributed by atoms with Crippen LogP contribution in [0.2, 0.25) is 0 Å². The highest BCUT2D eigenvalue weighted by Crippen LogP contribution is 2.40. The first-order valence-corrected chi connectivity index (χ1v) is 22.3. The average Bonchev–Trinajstić information content (AvgIpc) is 3.31. The molecule has 10 aromatic carbocycles. The number of hydrogen-bond acceptors (Lipinski definition) is 2. The lowest BCUT2D eigenvalue weighted by atomic mass is 10.1. The fourth-order valence-corrected chi connectivity index (χ4v) is 13.8. The predicted octanol–water partition coefficient (Wildman–Crippen LogP) is 12.3. The second-order valence-electron chi connectivity index (χ2n) is 14.9. The zero-order valence-corrected chi connectivity index (χ0v) is 33.6. The van der Waals surface area contributed by atoms with E-state index in [-0.39, 0.29) is 0 Å². The molecule has 0 aliphatic rings. The van der Waals surface area contributed by atoms with Crippen molar-refractivity contribution in [2.45, 2.75) is 0 Å². The van der Waals surface area contributed by atoms with Crippen LogP contribution in [0.15, 0.2) is 255 Å². The van der Waals surface area contributed by atoms with Crippen molar-refractivity contribution in [2.24, 2.45) is 0 Å². The largest absolute Gasteiger partial charge is 0.310 e. The summed E-state index contributed by atoms with van der Waals surface area (Å²) in [7, 11) is -3.02. The van der Waals surface area contributed by atoms with E-state index in [9.17, 15) is 0 Å². The molecule has 0 atom stereocenters. The summed E-state index contributed by atoms with van der Waals surface area (Å²) in [5.41, 5.74) is 6.76. The average molecular weight is 771 g/mol. The van der Waals surface area contributed by atoms with Gasteiger partial charge in [0.15, 0.2) is 8.07 Å². The van der Waals surface area contributed by atoms with Gasteiger partial charge in [0, 0.05) is 33.5 Å². The lowest BCUT2D eigenvalue weighted by Gasteiger charge is -2.36. The molecule has 0 radical (unpaired) electrons. The van der Waals surface area contributed by atoms with Crippen LogP contribution in [-0.4, -0.2) is 8.07 Å². The highest BCUT2D eigenvalue weighted by Gasteiger charge is 2.42. The smallest absolute Gasteiger partial charge is 0.179 e. The molecule has 0 spiro atoms. The maximum Gasteiger partial charge on any atom is 0.179 e. The minimum Gasteiger partial charge on any atom is -0.310 e. The Labute approximate surface area is 347 Å². The molecule has 0 unspecified atom stereocenters. The molecule has 0 aromatic heterocycles. The van der Waals surface area contributed by atoms with E-state index >= 15 is 0 Å². The van der Waals surface area contributed by atoms with Gasteiger partial charge in [-0.05, 0) is 92.2 Å². The van der Waals surface area contributed by atoms with E-state index < -0.39 is 8.07 Å². The van der Waals surface area contributed by atoms with Crippen LogP contribution in [0.4, 0.5) is 34.1 Å². The molecular weight excluding hydrogens is 729 g/mol. The molecule has 0 fully saturated rings. The molecule has 59 heavy (non-hydrogen) atoms. The minimum absolute atomic E-state index is 1.11. The van der Waals surface area contributed by atoms with Gasteiger partial charge in [0.05, 0.1) is 11.4 Å². The van der Waals surface area contributed by atoms with Crippen molar-refractivity contribution in [3.8, 4) is 0 Å². The van der Waals surface area contributed by atoms with E-state index in [2.05, 4.69) is 265 Å². The molecule has 0 aliphatic carbocycles. The van der Waals surface area contributed by atoms with Crippen LogP contribution in [0.25, 0.3) is 21.5 Å². The number of benzene rings is 10. The van der Waals surface area contributed by atoms with Crippen molar-refractivity contribution in [2.75, 3.05) is 9.80 Å². The summed E-state index contributed by atoms with van der Waals surface area (Å²) in [6.07, 6.45) is 0. The number of fused-ring (bicyclic) bond motifs is 2. The van der Waals surface area contributed by atoms with Gasteiger partial charge >= 0.3 is 0 Å². The van der Waals surface area contributed by atoms with E-state index in [1.54, 1.807) is 0 Å². The van der Waals surface area contributed by atoms with E-state index in [1.807, 2.05) is 0 Å². The SMILES string of the molecule is c1ccc(N(c2cccc([Si](c3ccccc3)(c3ccccc3)c3cccc(N(c4ccccc4)c4cccc5ccccc45)c3)c2)c2cccc3ccccc23)cc1. The third-order valence-corrected chi connectivity index (χ3v) is 16.3. The van der Waals surface area contributed by atoms with Crippen LogP contribution >= 0.6 is 0 Å². The summed E-state index contributed by atoms with van der Waals surface area (Å²) < 4.78 is 0. The molecule has 0 saturated carbocycles. The molecule has 0 N–H and O–H groups in total. The Morgan fingerprint density at radius 3 is 0.966 bits per heavy atom. The van der Waals surface area contributed by atoms with Gasteiger partial charge in [-0.1, -0.05) is 194 Å². The van der Waals surface area contributed by atoms with Gasteiger partial charge in [-0.15, -0.1) is 0 Å². The number of rotatable bonds is 10. The molecule has 3 heteroatoms. The maximum absolute atomic E-state index is 3.02. The first-order valence-electron chi connectivity index (χ1n) is 20.3. The molecule has 0 heterocycles. The molecule has 10 rings (SSSR count). The minimum atomic E-state index is -3.02. The lowest BCUT2D eigenvalue weighted by molar-refractivity contribution is 1.30. The Hall–Kier alpha value is -7.46. The second-order valence-corrected chi connectivity index (χ2v) is 18.7. The van der Waals surface area contributed by atoms with Crippen LogP contribution in [0.3, 0.4) is 0 Å². The summed E-state index contributed by atoms with van der Waals surface area (Å²) in [6, 6.07) is 93.3. The highest BCUT2D eigenvalue weighted by atomic mass is 28.3. The summed E-state index contributed by atoms with van der Waals surface area (Å²) in [5.74, 6) is 0. The zero-order chi connectivity index (χ0) is 39.4. The summed E-state index contributed by atoms with van der Waals surface area (Å²) in [6.45, 7) is 0. The van der Waals surface area contributed by atoms with Gasteiger partial charge in [0.1, 0.15) is 0 Å². The third-order valence-electron chi connectivity index (χ3n) is 11.5. The van der Waals surface area contributed by atoms with Crippen molar-refractivity contribution >= 4 is 84.5 Å². The van der Waals surface area contributed by atoms with E-state index in [0.717, 1.165) is 34.1 Å². The van der Waals surface area contributed by atoms with Gasteiger partial charge in [0.2, 0.25) is 0 Å². The molecular formula is C56H42N2Si. The van der Waals surface area contributed by atoms with Crippen LogP contribution < -0.4 is 30.5 Å². The monoisotopic (exact) mass is 770 g/mol. The standard InChI is InChI=1S/C56H42N2Si/c1-5-25-45(26-6-1)57(55-39-17-23-43-21-13-15-37-53(43)55)47-29-19-35-51(41-47)59(49-31-9-3-10-32-49,50-33-11-4-12-34-50)52-36-20-30-48(42-52)58(46-27-7-2-8-28-46)56-40-18-24-44-22-14-16-38-54(44)56/h1-42H. The number of para-hydroxylation sites is 2. The van der Waals surface area contributed by atoms with Gasteiger partial charge in [0.25, 0.3) is 0 Å². The third kappa shape index (κ3) is 6.58. The highest BCUT2D eigenvalue weighted by molar-refractivity contribution is 7.20. The topological polar surface area (TPSA) is 6.48 Å². The van der Waals surface area contributed by atoms with E-state index in [1.165, 1.54) is 42.3 Å². The fraction of sp³-hybridized carbons (Fsp3) is 0. The first-order chi connectivity index (χ1) is 29.3. The number of anilines is 6. The Kier molecular flexibility index (Phi) is 9.63. The summed E-state index contributed by atoms with van der Waals surface area (Å²) in [4.78, 5) is 4.85. The summed E-state index contributed by atoms with van der Waals surface area (Å²) in [5, 5.41) is 10.1. The van der Waals surface area contributed by atoms with Crippen molar-refractivity contribution in [3.05, 3.63) is 255 Å². The van der Waals surface area contributed by atoms with Crippen LogP contribution in [0.1, 0.15) is 0 Å². The Morgan fingerprint density at radius 1 is 0.237 bits per heavy atom. The van der Waals surface area contributed by atoms with Crippen molar-refractivity contribution < 1.29 is 0 Å². The molecule has 0 amide bonds. The van der Waals surface area contributed by atoms with Gasteiger partial charge in [-0.2, -0.15) is 0 Å². The Bertz CT molecular complexity index is 2790. The van der Waals surface area contributed by atoms with Crippen molar-refractivity contribution in [3.63, 3.8) is 0 Å². The van der Waals surface area contributed by atoms with Crippen LogP contribution in [0, 0.1) is 0 Å². The molecule has 280 valence electrons. The van der Waals surface area contributed by atoms with Crippen molar-refractivity contribution in [1.82, 2.24) is 0 Å². The van der Waals surface area contributed by atoms with E-state index in [0.29, 0.717) is 0 Å². The van der Waals surface area contributed by atoms with Crippen LogP contribution in [0.5, 0.6) is 0 Å². The maximum atomic E-state index is 2.47. The number of nitrogens with zero attached hydrogens (tertiary/aromatic N) is 2. The molecule has 0 saturated heterocycles. The van der Waals surface area contributed by atoms with Crippen molar-refractivity contribution in [1.29, 1.82) is 0 Å². The first kappa shape index (κ1) is 35.9. The number of hydrogen-bond donors (Lipinski definition) is 0. The fourth-order valence-electron chi connectivity index (χ4n) is 8.95. The Morgan fingerprint density at radius 2 is 0.542 bits per heavy atom. The van der Waals surface area contributed by atoms with E-state index in [4.69, 9.17) is 0 Å². The molecule has 0 aliphatic heterocycles. The lowest BCUT2D eigenvalue weighted by Crippen LogP contribution is -2.74. The van der Waals surface area contributed by atoms with Gasteiger partial charge in [-0.3, -0.25) is 0 Å². The summed E-state index contributed by atoms with van der Waals surface area (Å²) >= 11 is 0.